The molecule has 1 aliphatic rings. The van der Waals surface area contributed by atoms with Crippen molar-refractivity contribution >= 4 is 29.1 Å². The van der Waals surface area contributed by atoms with Gasteiger partial charge in [-0.3, -0.25) is 4.79 Å². The maximum atomic E-state index is 12.0. The minimum Gasteiger partial charge on any atom is -0.465 e. The van der Waals surface area contributed by atoms with Crippen LogP contribution in [0.4, 0.5) is 0 Å². The summed E-state index contributed by atoms with van der Waals surface area (Å²) in [5, 5.41) is 12.1. The van der Waals surface area contributed by atoms with Crippen molar-refractivity contribution < 1.29 is 9.53 Å². The molecule has 3 heterocycles. The Hall–Kier alpha value is -1.88. The Morgan fingerprint density at radius 3 is 3.04 bits per heavy atom. The van der Waals surface area contributed by atoms with E-state index in [1.165, 1.54) is 11.8 Å². The third kappa shape index (κ3) is 3.78. The normalized spacial score (nSPS) is 15.2. The molecular formula is C19H21N3O2S2. The van der Waals surface area contributed by atoms with Gasteiger partial charge in [-0.1, -0.05) is 17.8 Å². The van der Waals surface area contributed by atoms with Gasteiger partial charge in [0.05, 0.1) is 12.2 Å². The first-order valence-corrected chi connectivity index (χ1v) is 10.3. The highest BCUT2D eigenvalue weighted by molar-refractivity contribution is 8.00. The van der Waals surface area contributed by atoms with Crippen LogP contribution in [-0.2, 0) is 22.5 Å². The van der Waals surface area contributed by atoms with Gasteiger partial charge in [-0.25, -0.2) is 4.98 Å². The Bertz CT molecular complexity index is 843. The van der Waals surface area contributed by atoms with Crippen molar-refractivity contribution in [1.29, 1.82) is 5.26 Å². The second-order valence-corrected chi connectivity index (χ2v) is 8.46. The molecule has 1 aliphatic heterocycles. The molecule has 0 fully saturated rings. The molecule has 0 spiro atoms. The second kappa shape index (κ2) is 8.21. The molecule has 5 nitrogen and oxygen atoms in total. The van der Waals surface area contributed by atoms with E-state index in [1.807, 2.05) is 17.5 Å². The van der Waals surface area contributed by atoms with Crippen LogP contribution in [0.2, 0.25) is 0 Å². The molecule has 3 rings (SSSR count). The average Bonchev–Trinajstić information content (AvgIpc) is 3.15. The third-order valence-corrected chi connectivity index (χ3v) is 6.25. The van der Waals surface area contributed by atoms with Gasteiger partial charge < -0.3 is 9.64 Å². The molecule has 0 bridgehead atoms. The average molecular weight is 388 g/mol. The number of hydrogen-bond donors (Lipinski definition) is 0. The number of ether oxygens (including phenoxy) is 1. The quantitative estimate of drug-likeness (QED) is 0.575. The lowest BCUT2D eigenvalue weighted by Gasteiger charge is -2.27. The van der Waals surface area contributed by atoms with E-state index < -0.39 is 5.25 Å². The van der Waals surface area contributed by atoms with Crippen molar-refractivity contribution in [2.45, 2.75) is 37.1 Å². The first-order chi connectivity index (χ1) is 12.5. The van der Waals surface area contributed by atoms with Crippen LogP contribution in [-0.4, -0.2) is 41.3 Å². The van der Waals surface area contributed by atoms with E-state index in [9.17, 15) is 10.1 Å². The molecule has 1 atom stereocenters. The molecule has 0 N–H and O–H groups in total. The predicted molar refractivity (Wildman–Crippen MR) is 104 cm³/mol. The molecule has 1 unspecified atom stereocenters. The summed E-state index contributed by atoms with van der Waals surface area (Å²) in [7, 11) is 2.08. The fourth-order valence-corrected chi connectivity index (χ4v) is 4.76. The number of nitrogens with zero attached hydrogens (tertiary/aromatic N) is 3. The zero-order valence-electron chi connectivity index (χ0n) is 15.1. The van der Waals surface area contributed by atoms with E-state index in [1.54, 1.807) is 25.2 Å². The van der Waals surface area contributed by atoms with Crippen LogP contribution in [0.15, 0.2) is 22.5 Å². The van der Waals surface area contributed by atoms with Crippen LogP contribution < -0.4 is 0 Å². The monoisotopic (exact) mass is 387 g/mol. The van der Waals surface area contributed by atoms with Crippen molar-refractivity contribution in [2.24, 2.45) is 0 Å². The molecular weight excluding hydrogens is 366 g/mol. The Balaban J connectivity index is 2.10. The van der Waals surface area contributed by atoms with Crippen molar-refractivity contribution in [3.63, 3.8) is 0 Å². The number of thiophene rings is 1. The molecule has 0 radical (unpaired) electrons. The topological polar surface area (TPSA) is 66.2 Å². The molecule has 26 heavy (non-hydrogen) atoms. The summed E-state index contributed by atoms with van der Waals surface area (Å²) < 4.78 is 5.10. The van der Waals surface area contributed by atoms with Gasteiger partial charge in [0, 0.05) is 35.6 Å². The van der Waals surface area contributed by atoms with Gasteiger partial charge >= 0.3 is 5.97 Å². The standard InChI is InChI=1S/C19H21N3O2S2/c1-4-24-19(23)12(2)26-18-13(10-20)17(16-6-5-9-25-16)14-11-22(3)8-7-15(14)21-18/h5-6,9,12H,4,7-8,11H2,1-3H3. The van der Waals surface area contributed by atoms with Crippen molar-refractivity contribution in [3.8, 4) is 16.5 Å². The predicted octanol–water partition coefficient (Wildman–Crippen LogP) is 3.71. The number of likely N-dealkylation sites (N-methyl/N-ethyl adjacent to an activating group) is 1. The van der Waals surface area contributed by atoms with Gasteiger partial charge in [0.2, 0.25) is 0 Å². The van der Waals surface area contributed by atoms with Gasteiger partial charge in [0.1, 0.15) is 16.3 Å². The smallest absolute Gasteiger partial charge is 0.319 e. The van der Waals surface area contributed by atoms with Gasteiger partial charge in [0.25, 0.3) is 0 Å². The summed E-state index contributed by atoms with van der Waals surface area (Å²) in [4.78, 5) is 20.1. The van der Waals surface area contributed by atoms with E-state index in [4.69, 9.17) is 9.72 Å². The summed E-state index contributed by atoms with van der Waals surface area (Å²) in [6.45, 7) is 5.65. The third-order valence-electron chi connectivity index (χ3n) is 4.30. The molecule has 0 saturated carbocycles. The van der Waals surface area contributed by atoms with E-state index in [0.29, 0.717) is 17.2 Å². The number of hydrogen-bond acceptors (Lipinski definition) is 7. The number of carbonyl (C=O) groups excluding carboxylic acids is 1. The number of nitriles is 1. The van der Waals surface area contributed by atoms with Crippen LogP contribution in [0.3, 0.4) is 0 Å². The maximum absolute atomic E-state index is 12.0. The SMILES string of the molecule is CCOC(=O)C(C)Sc1nc2c(c(-c3cccs3)c1C#N)CN(C)CC2. The Morgan fingerprint density at radius 2 is 2.38 bits per heavy atom. The number of fused-ring (bicyclic) bond motifs is 1. The van der Waals surface area contributed by atoms with E-state index in [2.05, 4.69) is 18.0 Å². The van der Waals surface area contributed by atoms with Gasteiger partial charge in [-0.2, -0.15) is 5.26 Å². The van der Waals surface area contributed by atoms with Crippen molar-refractivity contribution in [1.82, 2.24) is 9.88 Å². The minimum atomic E-state index is -0.407. The lowest BCUT2D eigenvalue weighted by Crippen LogP contribution is -2.28. The van der Waals surface area contributed by atoms with E-state index in [0.717, 1.165) is 41.2 Å². The van der Waals surface area contributed by atoms with Gasteiger partial charge in [0.15, 0.2) is 0 Å². The molecule has 0 saturated heterocycles. The van der Waals surface area contributed by atoms with E-state index in [-0.39, 0.29) is 5.97 Å². The summed E-state index contributed by atoms with van der Waals surface area (Å²) in [6, 6.07) is 6.38. The number of aromatic nitrogens is 1. The molecule has 2 aromatic heterocycles. The number of rotatable bonds is 5. The zero-order chi connectivity index (χ0) is 18.7. The Morgan fingerprint density at radius 1 is 1.58 bits per heavy atom. The van der Waals surface area contributed by atoms with Crippen LogP contribution in [0.5, 0.6) is 0 Å². The highest BCUT2D eigenvalue weighted by Gasteiger charge is 2.27. The summed E-state index contributed by atoms with van der Waals surface area (Å²) in [5.41, 5.74) is 3.69. The number of carbonyl (C=O) groups is 1. The second-order valence-electron chi connectivity index (χ2n) is 6.18. The van der Waals surface area contributed by atoms with Crippen molar-refractivity contribution in [2.75, 3.05) is 20.2 Å². The van der Waals surface area contributed by atoms with Gasteiger partial charge in [-0.05, 0) is 37.9 Å². The minimum absolute atomic E-state index is 0.279. The molecule has 136 valence electrons. The van der Waals surface area contributed by atoms with Crippen LogP contribution in [0.25, 0.3) is 10.4 Å². The Kier molecular flexibility index (Phi) is 5.97. The van der Waals surface area contributed by atoms with Crippen molar-refractivity contribution in [3.05, 3.63) is 34.3 Å². The summed E-state index contributed by atoms with van der Waals surface area (Å²) in [6.07, 6.45) is 0.845. The number of pyridine rings is 1. The fourth-order valence-electron chi connectivity index (χ4n) is 3.03. The summed E-state index contributed by atoms with van der Waals surface area (Å²) >= 11 is 2.93. The molecule has 2 aromatic rings. The molecule has 0 aliphatic carbocycles. The number of thioether (sulfide) groups is 1. The maximum Gasteiger partial charge on any atom is 0.319 e. The Labute approximate surface area is 162 Å². The zero-order valence-corrected chi connectivity index (χ0v) is 16.7. The largest absolute Gasteiger partial charge is 0.465 e. The lowest BCUT2D eigenvalue weighted by atomic mass is 9.96. The summed E-state index contributed by atoms with van der Waals surface area (Å²) in [5.74, 6) is -0.279. The first kappa shape index (κ1) is 18.9. The molecule has 0 aromatic carbocycles. The van der Waals surface area contributed by atoms with Gasteiger partial charge in [-0.15, -0.1) is 11.3 Å². The highest BCUT2D eigenvalue weighted by atomic mass is 32.2. The molecule has 0 amide bonds. The van der Waals surface area contributed by atoms with Crippen LogP contribution in [0.1, 0.15) is 30.7 Å². The fraction of sp³-hybridized carbons (Fsp3) is 0.421. The van der Waals surface area contributed by atoms with Crippen LogP contribution in [0, 0.1) is 11.3 Å². The van der Waals surface area contributed by atoms with E-state index >= 15 is 0 Å². The highest BCUT2D eigenvalue weighted by Crippen LogP contribution is 2.39. The number of esters is 1. The molecule has 7 heteroatoms. The lowest BCUT2D eigenvalue weighted by molar-refractivity contribution is -0.142. The van der Waals surface area contributed by atoms with Crippen LogP contribution >= 0.6 is 23.1 Å². The first-order valence-electron chi connectivity index (χ1n) is 8.56.